The van der Waals surface area contributed by atoms with E-state index in [1.165, 1.54) is 6.39 Å². The highest BCUT2D eigenvalue weighted by molar-refractivity contribution is 5.93. The number of hydrogen-bond donors (Lipinski definition) is 1. The number of aliphatic hydroxyl groups excluding tert-OH is 1. The summed E-state index contributed by atoms with van der Waals surface area (Å²) >= 11 is 0. The van der Waals surface area contributed by atoms with Gasteiger partial charge >= 0.3 is 0 Å². The second-order valence-electron chi connectivity index (χ2n) is 6.08. The molecule has 5 heteroatoms. The van der Waals surface area contributed by atoms with Crippen molar-refractivity contribution in [1.29, 1.82) is 0 Å². The molecular weight excluding hydrogens is 256 g/mol. The van der Waals surface area contributed by atoms with Gasteiger partial charge in [-0.2, -0.15) is 0 Å². The Morgan fingerprint density at radius 2 is 2.35 bits per heavy atom. The van der Waals surface area contributed by atoms with Gasteiger partial charge in [0, 0.05) is 24.9 Å². The topological polar surface area (TPSA) is 66.6 Å². The molecule has 3 rings (SSSR count). The number of hydrogen-bond acceptors (Lipinski definition) is 4. The maximum atomic E-state index is 12.6. The zero-order valence-corrected chi connectivity index (χ0v) is 12.0. The second-order valence-corrected chi connectivity index (χ2v) is 6.08. The number of carbonyl (C=O) groups excluding carboxylic acids is 1. The zero-order chi connectivity index (χ0) is 14.2. The summed E-state index contributed by atoms with van der Waals surface area (Å²) in [5, 5.41) is 10.3. The Bertz CT molecular complexity index is 499. The molecule has 0 radical (unpaired) electrons. The molecule has 0 bridgehead atoms. The average Bonchev–Trinajstić information content (AvgIpc) is 3.06. The van der Waals surface area contributed by atoms with E-state index in [4.69, 9.17) is 4.42 Å². The van der Waals surface area contributed by atoms with Crippen LogP contribution in [0.3, 0.4) is 0 Å². The van der Waals surface area contributed by atoms with Crippen molar-refractivity contribution in [2.45, 2.75) is 51.6 Å². The van der Waals surface area contributed by atoms with Gasteiger partial charge in [0.1, 0.15) is 5.76 Å². The SMILES string of the molecule is CCc1ocnc1C(=O)N1CCC[C@@]2(CCC[C@H]2O)C1. The molecule has 110 valence electrons. The van der Waals surface area contributed by atoms with Crippen LogP contribution in [0.1, 0.15) is 55.3 Å². The van der Waals surface area contributed by atoms with Crippen molar-refractivity contribution in [3.63, 3.8) is 0 Å². The van der Waals surface area contributed by atoms with Crippen LogP contribution in [-0.2, 0) is 6.42 Å². The maximum absolute atomic E-state index is 12.6. The van der Waals surface area contributed by atoms with E-state index in [-0.39, 0.29) is 17.4 Å². The van der Waals surface area contributed by atoms with Crippen molar-refractivity contribution < 1.29 is 14.3 Å². The highest BCUT2D eigenvalue weighted by Crippen LogP contribution is 2.45. The Morgan fingerprint density at radius 1 is 1.55 bits per heavy atom. The van der Waals surface area contributed by atoms with Gasteiger partial charge < -0.3 is 14.4 Å². The van der Waals surface area contributed by atoms with Crippen LogP contribution in [0.4, 0.5) is 0 Å². The first kappa shape index (κ1) is 13.6. The monoisotopic (exact) mass is 278 g/mol. The molecule has 5 nitrogen and oxygen atoms in total. The fraction of sp³-hybridized carbons (Fsp3) is 0.733. The summed E-state index contributed by atoms with van der Waals surface area (Å²) in [6, 6.07) is 0. The first-order valence-corrected chi connectivity index (χ1v) is 7.56. The maximum Gasteiger partial charge on any atom is 0.276 e. The van der Waals surface area contributed by atoms with Gasteiger partial charge in [0.25, 0.3) is 5.91 Å². The molecule has 2 atom stereocenters. The number of piperidine rings is 1. The highest BCUT2D eigenvalue weighted by atomic mass is 16.3. The van der Waals surface area contributed by atoms with Crippen LogP contribution in [0.25, 0.3) is 0 Å². The smallest absolute Gasteiger partial charge is 0.276 e. The average molecular weight is 278 g/mol. The van der Waals surface area contributed by atoms with Crippen LogP contribution in [-0.4, -0.2) is 40.1 Å². The fourth-order valence-corrected chi connectivity index (χ4v) is 3.78. The lowest BCUT2D eigenvalue weighted by Gasteiger charge is -2.42. The molecule has 20 heavy (non-hydrogen) atoms. The summed E-state index contributed by atoms with van der Waals surface area (Å²) in [4.78, 5) is 18.5. The normalized spacial score (nSPS) is 30.1. The molecule has 1 amide bonds. The molecule has 0 aromatic carbocycles. The van der Waals surface area contributed by atoms with E-state index in [0.717, 1.165) is 38.6 Å². The second kappa shape index (κ2) is 5.20. The quantitative estimate of drug-likeness (QED) is 0.898. The van der Waals surface area contributed by atoms with E-state index >= 15 is 0 Å². The number of carbonyl (C=O) groups is 1. The van der Waals surface area contributed by atoms with Crippen LogP contribution >= 0.6 is 0 Å². The number of aromatic nitrogens is 1. The number of nitrogens with zero attached hydrogens (tertiary/aromatic N) is 2. The Balaban J connectivity index is 1.79. The van der Waals surface area contributed by atoms with Gasteiger partial charge in [0.2, 0.25) is 0 Å². The minimum absolute atomic E-state index is 0.0474. The molecule has 1 aliphatic carbocycles. The highest BCUT2D eigenvalue weighted by Gasteiger charge is 2.46. The van der Waals surface area contributed by atoms with E-state index in [2.05, 4.69) is 4.98 Å². The Labute approximate surface area is 119 Å². The van der Waals surface area contributed by atoms with Gasteiger partial charge in [0.15, 0.2) is 12.1 Å². The molecule has 2 fully saturated rings. The molecule has 1 aromatic heterocycles. The van der Waals surface area contributed by atoms with Crippen molar-refractivity contribution in [3.05, 3.63) is 17.8 Å². The van der Waals surface area contributed by atoms with E-state index in [1.54, 1.807) is 0 Å². The van der Waals surface area contributed by atoms with Crippen LogP contribution in [0, 0.1) is 5.41 Å². The van der Waals surface area contributed by atoms with Crippen molar-refractivity contribution in [3.8, 4) is 0 Å². The minimum atomic E-state index is -0.263. The number of amides is 1. The van der Waals surface area contributed by atoms with E-state index in [0.29, 0.717) is 24.4 Å². The number of rotatable bonds is 2. The number of likely N-dealkylation sites (tertiary alicyclic amines) is 1. The van der Waals surface area contributed by atoms with Crippen molar-refractivity contribution in [1.82, 2.24) is 9.88 Å². The van der Waals surface area contributed by atoms with Crippen molar-refractivity contribution in [2.24, 2.45) is 5.41 Å². The van der Waals surface area contributed by atoms with Gasteiger partial charge in [-0.25, -0.2) is 4.98 Å². The predicted molar refractivity (Wildman–Crippen MR) is 73.3 cm³/mol. The summed E-state index contributed by atoms with van der Waals surface area (Å²) in [6.45, 7) is 3.36. The lowest BCUT2D eigenvalue weighted by molar-refractivity contribution is -0.00559. The number of aliphatic hydroxyl groups is 1. The minimum Gasteiger partial charge on any atom is -0.448 e. The molecule has 2 aliphatic rings. The van der Waals surface area contributed by atoms with E-state index in [9.17, 15) is 9.90 Å². The van der Waals surface area contributed by atoms with Gasteiger partial charge in [-0.1, -0.05) is 13.3 Å². The summed E-state index contributed by atoms with van der Waals surface area (Å²) in [5.74, 6) is 0.607. The van der Waals surface area contributed by atoms with E-state index < -0.39 is 0 Å². The molecule has 1 N–H and O–H groups in total. The molecule has 1 saturated carbocycles. The Kier molecular flexibility index (Phi) is 3.54. The fourth-order valence-electron chi connectivity index (χ4n) is 3.78. The largest absolute Gasteiger partial charge is 0.448 e. The lowest BCUT2D eigenvalue weighted by Crippen LogP contribution is -2.49. The standard InChI is InChI=1S/C15H22N2O3/c1-2-11-13(16-10-20-11)14(19)17-8-4-7-15(9-17)6-3-5-12(15)18/h10,12,18H,2-9H2,1H3/t12-,15+/m1/s1. The molecule has 0 unspecified atom stereocenters. The van der Waals surface area contributed by atoms with Crippen LogP contribution in [0.2, 0.25) is 0 Å². The molecule has 2 heterocycles. The molecular formula is C15H22N2O3. The van der Waals surface area contributed by atoms with Crippen LogP contribution in [0.5, 0.6) is 0 Å². The molecule has 1 aromatic rings. The van der Waals surface area contributed by atoms with Crippen LogP contribution in [0.15, 0.2) is 10.8 Å². The summed E-state index contributed by atoms with van der Waals surface area (Å²) in [6.07, 6.45) is 6.69. The van der Waals surface area contributed by atoms with Crippen molar-refractivity contribution >= 4 is 5.91 Å². The molecule has 1 saturated heterocycles. The first-order valence-electron chi connectivity index (χ1n) is 7.56. The Hall–Kier alpha value is -1.36. The van der Waals surface area contributed by atoms with Gasteiger partial charge in [0.05, 0.1) is 6.10 Å². The van der Waals surface area contributed by atoms with Crippen LogP contribution < -0.4 is 0 Å². The third-order valence-corrected chi connectivity index (χ3v) is 4.92. The van der Waals surface area contributed by atoms with E-state index in [1.807, 2.05) is 11.8 Å². The van der Waals surface area contributed by atoms with Gasteiger partial charge in [-0.3, -0.25) is 4.79 Å². The number of oxazole rings is 1. The summed E-state index contributed by atoms with van der Waals surface area (Å²) in [7, 11) is 0. The summed E-state index contributed by atoms with van der Waals surface area (Å²) < 4.78 is 5.26. The predicted octanol–water partition coefficient (Wildman–Crippen LogP) is 2.00. The first-order chi connectivity index (χ1) is 9.66. The number of aryl methyl sites for hydroxylation is 1. The zero-order valence-electron chi connectivity index (χ0n) is 12.0. The third kappa shape index (κ3) is 2.14. The third-order valence-electron chi connectivity index (χ3n) is 4.92. The lowest BCUT2D eigenvalue weighted by atomic mass is 9.76. The van der Waals surface area contributed by atoms with Crippen molar-refractivity contribution in [2.75, 3.05) is 13.1 Å². The van der Waals surface area contributed by atoms with Gasteiger partial charge in [-0.05, 0) is 25.7 Å². The Morgan fingerprint density at radius 3 is 3.05 bits per heavy atom. The molecule has 1 spiro atoms. The summed E-state index contributed by atoms with van der Waals surface area (Å²) in [5.41, 5.74) is 0.362. The van der Waals surface area contributed by atoms with Gasteiger partial charge in [-0.15, -0.1) is 0 Å². The molecule has 1 aliphatic heterocycles.